The predicted octanol–water partition coefficient (Wildman–Crippen LogP) is 2.30. The van der Waals surface area contributed by atoms with Crippen molar-refractivity contribution < 1.29 is 13.2 Å². The third-order valence-electron chi connectivity index (χ3n) is 5.69. The number of rotatable bonds is 5. The highest BCUT2D eigenvalue weighted by atomic mass is 32.2. The number of aromatic nitrogens is 2. The number of benzene rings is 1. The smallest absolute Gasteiger partial charge is 0.262 e. The largest absolute Gasteiger partial charge is 0.348 e. The number of carbonyl (C=O) groups excluding carboxylic acids is 1. The van der Waals surface area contributed by atoms with Gasteiger partial charge in [0.1, 0.15) is 5.82 Å². The number of nitrogens with one attached hydrogen (secondary N) is 1. The van der Waals surface area contributed by atoms with E-state index in [9.17, 15) is 13.2 Å². The van der Waals surface area contributed by atoms with Gasteiger partial charge in [-0.15, -0.1) is 0 Å². The average Bonchev–Trinajstić information content (AvgIpc) is 3.37. The van der Waals surface area contributed by atoms with Gasteiger partial charge in [0.2, 0.25) is 5.91 Å². The van der Waals surface area contributed by atoms with Crippen LogP contribution in [0, 0.1) is 12.8 Å². The van der Waals surface area contributed by atoms with Gasteiger partial charge in [0, 0.05) is 32.4 Å². The van der Waals surface area contributed by atoms with Crippen LogP contribution in [0.25, 0.3) is 0 Å². The zero-order valence-corrected chi connectivity index (χ0v) is 17.7. The molecule has 1 aromatic carbocycles. The summed E-state index contributed by atoms with van der Waals surface area (Å²) in [6, 6.07) is 9.87. The highest BCUT2D eigenvalue weighted by molar-refractivity contribution is 7.89. The van der Waals surface area contributed by atoms with E-state index < -0.39 is 10.0 Å². The molecule has 7 nitrogen and oxygen atoms in total. The fourth-order valence-corrected chi connectivity index (χ4v) is 5.58. The van der Waals surface area contributed by atoms with E-state index >= 15 is 0 Å². The van der Waals surface area contributed by atoms with Crippen LogP contribution >= 0.6 is 0 Å². The van der Waals surface area contributed by atoms with Crippen molar-refractivity contribution in [2.24, 2.45) is 5.92 Å². The van der Waals surface area contributed by atoms with Crippen molar-refractivity contribution in [3.8, 4) is 0 Å². The third-order valence-corrected chi connectivity index (χ3v) is 7.36. The van der Waals surface area contributed by atoms with E-state index in [1.165, 1.54) is 10.5 Å². The van der Waals surface area contributed by atoms with Gasteiger partial charge in [-0.05, 0) is 29.6 Å². The Bertz CT molecular complexity index is 1040. The van der Waals surface area contributed by atoms with Crippen LogP contribution in [0.5, 0.6) is 0 Å². The van der Waals surface area contributed by atoms with Crippen molar-refractivity contribution in [2.45, 2.75) is 31.7 Å². The fourth-order valence-electron chi connectivity index (χ4n) is 4.20. The van der Waals surface area contributed by atoms with E-state index in [-0.39, 0.29) is 22.8 Å². The van der Waals surface area contributed by atoms with Gasteiger partial charge in [0.15, 0.2) is 5.03 Å². The number of hydrogen-bond acceptors (Lipinski definition) is 4. The van der Waals surface area contributed by atoms with Gasteiger partial charge in [-0.2, -0.15) is 4.31 Å². The summed E-state index contributed by atoms with van der Waals surface area (Å²) in [6.45, 7) is 7.49. The van der Waals surface area contributed by atoms with Crippen LogP contribution in [0.4, 0.5) is 0 Å². The molecule has 1 aromatic heterocycles. The number of aryl methyl sites for hydroxylation is 1. The zero-order chi connectivity index (χ0) is 20.8. The standard InChI is InChI=1S/C21H26N4O3S/c1-14(2)20(16-7-5-4-6-8-16)21(26)24-10-17-12-25(13-18(17)11-24)29(27,28)19-9-22-15(3)23-19/h4-9,14,20H,10-13H2,1-3H3,(H,22,23)/t20-/m1/s1. The molecule has 2 aliphatic rings. The lowest BCUT2D eigenvalue weighted by molar-refractivity contribution is -0.132. The van der Waals surface area contributed by atoms with E-state index in [1.807, 2.05) is 35.2 Å². The van der Waals surface area contributed by atoms with Crippen LogP contribution in [0.1, 0.15) is 31.2 Å². The summed E-state index contributed by atoms with van der Waals surface area (Å²) >= 11 is 0. The molecule has 0 spiro atoms. The Hall–Kier alpha value is -2.45. The van der Waals surface area contributed by atoms with E-state index in [2.05, 4.69) is 23.8 Å². The number of carbonyl (C=O) groups is 1. The van der Waals surface area contributed by atoms with Crippen LogP contribution in [-0.2, 0) is 14.8 Å². The summed E-state index contributed by atoms with van der Waals surface area (Å²) in [4.78, 5) is 22.0. The fraction of sp³-hybridized carbons (Fsp3) is 0.429. The number of sulfonamides is 1. The van der Waals surface area contributed by atoms with Gasteiger partial charge in [-0.1, -0.05) is 44.2 Å². The quantitative estimate of drug-likeness (QED) is 0.761. The molecular formula is C21H26N4O3S. The average molecular weight is 415 g/mol. The number of nitrogens with zero attached hydrogens (tertiary/aromatic N) is 3. The van der Waals surface area contributed by atoms with Crippen LogP contribution in [-0.4, -0.2) is 59.7 Å². The molecular weight excluding hydrogens is 388 g/mol. The molecule has 29 heavy (non-hydrogen) atoms. The normalized spacial score (nSPS) is 18.6. The molecule has 154 valence electrons. The molecule has 2 aromatic rings. The van der Waals surface area contributed by atoms with Crippen molar-refractivity contribution in [2.75, 3.05) is 26.2 Å². The molecule has 4 rings (SSSR count). The number of hydrogen-bond donors (Lipinski definition) is 1. The van der Waals surface area contributed by atoms with Crippen molar-refractivity contribution in [3.05, 3.63) is 59.1 Å². The molecule has 1 atom stereocenters. The summed E-state index contributed by atoms with van der Waals surface area (Å²) in [6.07, 6.45) is 1.43. The maximum absolute atomic E-state index is 13.3. The first kappa shape index (κ1) is 19.8. The van der Waals surface area contributed by atoms with Crippen LogP contribution < -0.4 is 0 Å². The van der Waals surface area contributed by atoms with Gasteiger partial charge in [-0.25, -0.2) is 13.4 Å². The Balaban J connectivity index is 1.46. The molecule has 2 aliphatic heterocycles. The highest BCUT2D eigenvalue weighted by Gasteiger charge is 2.40. The topological polar surface area (TPSA) is 86.4 Å². The molecule has 0 radical (unpaired) electrons. The third kappa shape index (κ3) is 3.62. The maximum atomic E-state index is 13.3. The van der Waals surface area contributed by atoms with Gasteiger partial charge in [0.05, 0.1) is 5.92 Å². The van der Waals surface area contributed by atoms with Crippen LogP contribution in [0.2, 0.25) is 0 Å². The van der Waals surface area contributed by atoms with Crippen LogP contribution in [0.15, 0.2) is 52.7 Å². The molecule has 3 heterocycles. The Labute approximate surface area is 171 Å². The summed E-state index contributed by atoms with van der Waals surface area (Å²) < 4.78 is 27.1. The Morgan fingerprint density at radius 3 is 2.21 bits per heavy atom. The molecule has 0 unspecified atom stereocenters. The first-order valence-corrected chi connectivity index (χ1v) is 11.3. The number of aromatic amines is 1. The van der Waals surface area contributed by atoms with E-state index in [0.29, 0.717) is 32.0 Å². The van der Waals surface area contributed by atoms with Crippen molar-refractivity contribution in [1.29, 1.82) is 0 Å². The van der Waals surface area contributed by atoms with Crippen molar-refractivity contribution in [1.82, 2.24) is 19.2 Å². The van der Waals surface area contributed by atoms with E-state index in [0.717, 1.165) is 16.7 Å². The highest BCUT2D eigenvalue weighted by Crippen LogP contribution is 2.33. The predicted molar refractivity (Wildman–Crippen MR) is 110 cm³/mol. The van der Waals surface area contributed by atoms with Gasteiger partial charge in [0.25, 0.3) is 10.0 Å². The first-order valence-electron chi connectivity index (χ1n) is 9.83. The number of amides is 1. The van der Waals surface area contributed by atoms with Crippen molar-refractivity contribution >= 4 is 15.9 Å². The lowest BCUT2D eigenvalue weighted by Gasteiger charge is -2.28. The summed E-state index contributed by atoms with van der Waals surface area (Å²) in [5, 5.41) is 0.0491. The van der Waals surface area contributed by atoms with E-state index in [4.69, 9.17) is 0 Å². The minimum atomic E-state index is -3.62. The van der Waals surface area contributed by atoms with Crippen LogP contribution in [0.3, 0.4) is 0 Å². The van der Waals surface area contributed by atoms with Gasteiger partial charge in [-0.3, -0.25) is 4.79 Å². The lowest BCUT2D eigenvalue weighted by Crippen LogP contribution is -2.39. The monoisotopic (exact) mass is 414 g/mol. The SMILES string of the molecule is Cc1nc(S(=O)(=O)N2CC3=C(CN(C(=O)[C@@H](c4ccccc4)C(C)C)C3)C2)c[nH]1. The molecule has 1 N–H and O–H groups in total. The first-order chi connectivity index (χ1) is 13.8. The Kier molecular flexibility index (Phi) is 5.08. The summed E-state index contributed by atoms with van der Waals surface area (Å²) in [5.74, 6) is 0.668. The second-order valence-electron chi connectivity index (χ2n) is 8.13. The Morgan fingerprint density at radius 2 is 1.69 bits per heavy atom. The number of imidazole rings is 1. The van der Waals surface area contributed by atoms with E-state index in [1.54, 1.807) is 6.92 Å². The second kappa shape index (κ2) is 7.42. The molecule has 8 heteroatoms. The van der Waals surface area contributed by atoms with Gasteiger partial charge < -0.3 is 9.88 Å². The molecule has 0 bridgehead atoms. The minimum absolute atomic E-state index is 0.0491. The maximum Gasteiger partial charge on any atom is 0.262 e. The van der Waals surface area contributed by atoms with Gasteiger partial charge >= 0.3 is 0 Å². The molecule has 0 aliphatic carbocycles. The second-order valence-corrected chi connectivity index (χ2v) is 10.0. The summed E-state index contributed by atoms with van der Waals surface area (Å²) in [5.41, 5.74) is 3.09. The molecule has 1 amide bonds. The van der Waals surface area contributed by atoms with Crippen molar-refractivity contribution in [3.63, 3.8) is 0 Å². The number of H-pyrrole nitrogens is 1. The molecule has 0 saturated carbocycles. The lowest BCUT2D eigenvalue weighted by atomic mass is 9.87. The molecule has 0 saturated heterocycles. The Morgan fingerprint density at radius 1 is 1.07 bits per heavy atom. The molecule has 0 fully saturated rings. The summed E-state index contributed by atoms with van der Waals surface area (Å²) in [7, 11) is -3.62. The minimum Gasteiger partial charge on any atom is -0.348 e. The zero-order valence-electron chi connectivity index (χ0n) is 16.9.